The van der Waals surface area contributed by atoms with E-state index in [1.807, 2.05) is 57.3 Å². The Balaban J connectivity index is 1.50. The summed E-state index contributed by atoms with van der Waals surface area (Å²) in [5, 5.41) is 3.11. The fraction of sp³-hybridized carbons (Fsp3) is 0.385. The van der Waals surface area contributed by atoms with E-state index in [1.54, 1.807) is 12.4 Å². The summed E-state index contributed by atoms with van der Waals surface area (Å²) in [4.78, 5) is 28.5. The molecule has 32 heavy (non-hydrogen) atoms. The lowest BCUT2D eigenvalue weighted by molar-refractivity contribution is -0.128. The summed E-state index contributed by atoms with van der Waals surface area (Å²) in [6.45, 7) is 8.41. The van der Waals surface area contributed by atoms with Gasteiger partial charge in [-0.3, -0.25) is 14.8 Å². The average molecular weight is 430 g/mol. The van der Waals surface area contributed by atoms with Gasteiger partial charge in [0.1, 0.15) is 5.82 Å². The number of rotatable bonds is 5. The molecule has 1 aromatic carbocycles. The number of carbonyl (C=O) groups is 1. The van der Waals surface area contributed by atoms with Crippen molar-refractivity contribution in [1.82, 2.24) is 20.3 Å². The van der Waals surface area contributed by atoms with Crippen molar-refractivity contribution < 1.29 is 4.79 Å². The minimum Gasteiger partial charge on any atom is -0.355 e. The van der Waals surface area contributed by atoms with Crippen LogP contribution in [0.5, 0.6) is 0 Å². The third-order valence-corrected chi connectivity index (χ3v) is 5.93. The van der Waals surface area contributed by atoms with Gasteiger partial charge >= 0.3 is 0 Å². The third kappa shape index (κ3) is 5.13. The number of nitrogens with one attached hydrogen (secondary N) is 1. The molecule has 1 aliphatic rings. The highest BCUT2D eigenvalue weighted by atomic mass is 16.2. The van der Waals surface area contributed by atoms with Crippen molar-refractivity contribution in [3.05, 3.63) is 61.1 Å². The zero-order chi connectivity index (χ0) is 22.6. The van der Waals surface area contributed by atoms with Gasteiger partial charge in [0.05, 0.1) is 17.6 Å². The molecule has 1 amide bonds. The quantitative estimate of drug-likeness (QED) is 0.643. The van der Waals surface area contributed by atoms with Gasteiger partial charge in [0, 0.05) is 48.6 Å². The molecule has 166 valence electrons. The second-order valence-corrected chi connectivity index (χ2v) is 9.42. The molecular weight excluding hydrogens is 398 g/mol. The molecule has 2 aromatic heterocycles. The number of carbonyl (C=O) groups excluding carboxylic acids is 1. The summed E-state index contributed by atoms with van der Waals surface area (Å²) in [7, 11) is 0. The van der Waals surface area contributed by atoms with Gasteiger partial charge in [-0.2, -0.15) is 0 Å². The van der Waals surface area contributed by atoms with Crippen molar-refractivity contribution in [2.75, 3.05) is 24.5 Å². The maximum atomic E-state index is 12.2. The van der Waals surface area contributed by atoms with E-state index in [4.69, 9.17) is 9.97 Å². The first-order chi connectivity index (χ1) is 15.4. The molecule has 4 rings (SSSR count). The fourth-order valence-corrected chi connectivity index (χ4v) is 3.92. The normalized spacial score (nSPS) is 14.9. The molecule has 0 bridgehead atoms. The van der Waals surface area contributed by atoms with Crippen molar-refractivity contribution >= 4 is 11.7 Å². The Kier molecular flexibility index (Phi) is 6.49. The highest BCUT2D eigenvalue weighted by Gasteiger charge is 2.25. The van der Waals surface area contributed by atoms with Crippen molar-refractivity contribution in [1.29, 1.82) is 0 Å². The Hall–Kier alpha value is -3.28. The van der Waals surface area contributed by atoms with E-state index >= 15 is 0 Å². The number of hydrogen-bond acceptors (Lipinski definition) is 5. The van der Waals surface area contributed by atoms with Crippen molar-refractivity contribution in [3.8, 4) is 22.5 Å². The van der Waals surface area contributed by atoms with Crippen LogP contribution in [0.2, 0.25) is 0 Å². The third-order valence-electron chi connectivity index (χ3n) is 5.93. The highest BCUT2D eigenvalue weighted by molar-refractivity contribution is 5.81. The summed E-state index contributed by atoms with van der Waals surface area (Å²) in [6.07, 6.45) is 7.49. The Morgan fingerprint density at radius 3 is 2.31 bits per heavy atom. The van der Waals surface area contributed by atoms with Gasteiger partial charge in [-0.25, -0.2) is 4.98 Å². The molecule has 1 saturated heterocycles. The van der Waals surface area contributed by atoms with E-state index in [9.17, 15) is 4.79 Å². The van der Waals surface area contributed by atoms with Crippen molar-refractivity contribution in [3.63, 3.8) is 0 Å². The number of hydrogen-bond donors (Lipinski definition) is 1. The van der Waals surface area contributed by atoms with Crippen molar-refractivity contribution in [2.24, 2.45) is 11.3 Å². The largest absolute Gasteiger partial charge is 0.355 e. The first-order valence-corrected chi connectivity index (χ1v) is 11.3. The van der Waals surface area contributed by atoms with E-state index in [1.165, 1.54) is 0 Å². The van der Waals surface area contributed by atoms with E-state index in [-0.39, 0.29) is 11.3 Å². The van der Waals surface area contributed by atoms with Crippen LogP contribution in [0.15, 0.2) is 61.1 Å². The topological polar surface area (TPSA) is 71.0 Å². The van der Waals surface area contributed by atoms with E-state index < -0.39 is 0 Å². The number of pyridine rings is 1. The Labute approximate surface area is 190 Å². The molecule has 3 heterocycles. The summed E-state index contributed by atoms with van der Waals surface area (Å²) >= 11 is 0. The first-order valence-electron chi connectivity index (χ1n) is 11.3. The minimum atomic E-state index is -0.347. The molecular formula is C26H31N5O. The van der Waals surface area contributed by atoms with Crippen LogP contribution in [-0.4, -0.2) is 40.5 Å². The highest BCUT2D eigenvalue weighted by Crippen LogP contribution is 2.31. The lowest BCUT2D eigenvalue weighted by Crippen LogP contribution is -2.42. The maximum Gasteiger partial charge on any atom is 0.225 e. The second kappa shape index (κ2) is 9.47. The first kappa shape index (κ1) is 21.9. The summed E-state index contributed by atoms with van der Waals surface area (Å²) in [5.41, 5.74) is 3.45. The number of anilines is 1. The predicted molar refractivity (Wildman–Crippen MR) is 128 cm³/mol. The number of benzene rings is 1. The lowest BCUT2D eigenvalue weighted by atomic mass is 9.93. The molecule has 1 aliphatic heterocycles. The Bertz CT molecular complexity index is 1040. The summed E-state index contributed by atoms with van der Waals surface area (Å²) in [5.74, 6) is 1.51. The zero-order valence-electron chi connectivity index (χ0n) is 19.1. The maximum absolute atomic E-state index is 12.2. The van der Waals surface area contributed by atoms with Crippen LogP contribution in [0.3, 0.4) is 0 Å². The van der Waals surface area contributed by atoms with Crippen LogP contribution in [-0.2, 0) is 4.79 Å². The number of amides is 1. The average Bonchev–Trinajstić information content (AvgIpc) is 2.83. The monoisotopic (exact) mass is 429 g/mol. The lowest BCUT2D eigenvalue weighted by Gasteiger charge is -2.33. The Morgan fingerprint density at radius 2 is 1.66 bits per heavy atom. The smallest absolute Gasteiger partial charge is 0.225 e. The van der Waals surface area contributed by atoms with Crippen molar-refractivity contribution in [2.45, 2.75) is 33.6 Å². The molecule has 1 fully saturated rings. The fourth-order valence-electron chi connectivity index (χ4n) is 3.92. The molecule has 6 nitrogen and oxygen atoms in total. The molecule has 0 atom stereocenters. The molecule has 0 unspecified atom stereocenters. The molecule has 0 radical (unpaired) electrons. The Morgan fingerprint density at radius 1 is 1.00 bits per heavy atom. The standard InChI is InChI=1S/C26H31N5O/c1-26(2,3)25(32)29-17-19-11-15-31(16-12-19)22-18-28-23(21-9-13-27-14-10-21)24(30-22)20-7-5-4-6-8-20/h4-10,13-14,18-19H,11-12,15-17H2,1-3H3,(H,29,32). The van der Waals surface area contributed by atoms with Gasteiger partial charge in [-0.1, -0.05) is 51.1 Å². The molecule has 1 N–H and O–H groups in total. The summed E-state index contributed by atoms with van der Waals surface area (Å²) in [6, 6.07) is 14.1. The van der Waals surface area contributed by atoms with E-state index in [0.717, 1.165) is 60.8 Å². The molecule has 3 aromatic rings. The second-order valence-electron chi connectivity index (χ2n) is 9.42. The SMILES string of the molecule is CC(C)(C)C(=O)NCC1CCN(c2cnc(-c3ccncc3)c(-c3ccccc3)n2)CC1. The molecule has 0 saturated carbocycles. The van der Waals surface area contributed by atoms with Gasteiger partial charge in [0.2, 0.25) is 5.91 Å². The zero-order valence-corrected chi connectivity index (χ0v) is 19.1. The van der Waals surface area contributed by atoms with E-state index in [2.05, 4.69) is 27.3 Å². The van der Waals surface area contributed by atoms with Crippen LogP contribution >= 0.6 is 0 Å². The van der Waals surface area contributed by atoms with Gasteiger partial charge in [0.15, 0.2) is 0 Å². The molecule has 0 spiro atoms. The molecule has 0 aliphatic carbocycles. The van der Waals surface area contributed by atoms with E-state index in [0.29, 0.717) is 5.92 Å². The number of piperidine rings is 1. The number of nitrogens with zero attached hydrogens (tertiary/aromatic N) is 4. The van der Waals surface area contributed by atoms with Crippen LogP contribution in [0, 0.1) is 11.3 Å². The van der Waals surface area contributed by atoms with Gasteiger partial charge < -0.3 is 10.2 Å². The van der Waals surface area contributed by atoms with Crippen LogP contribution in [0.1, 0.15) is 33.6 Å². The van der Waals surface area contributed by atoms with Crippen LogP contribution in [0.25, 0.3) is 22.5 Å². The number of aromatic nitrogens is 3. The predicted octanol–water partition coefficient (Wildman–Crippen LogP) is 4.58. The summed E-state index contributed by atoms with van der Waals surface area (Å²) < 4.78 is 0. The van der Waals surface area contributed by atoms with Gasteiger partial charge in [-0.15, -0.1) is 0 Å². The molecule has 6 heteroatoms. The minimum absolute atomic E-state index is 0.116. The van der Waals surface area contributed by atoms with Crippen LogP contribution in [0.4, 0.5) is 5.82 Å². The van der Waals surface area contributed by atoms with Gasteiger partial charge in [0.25, 0.3) is 0 Å². The van der Waals surface area contributed by atoms with Crippen LogP contribution < -0.4 is 10.2 Å². The van der Waals surface area contributed by atoms with Gasteiger partial charge in [-0.05, 0) is 30.9 Å².